The first-order valence-corrected chi connectivity index (χ1v) is 8.94. The molecular weight excluding hydrogens is 384 g/mol. The van der Waals surface area contributed by atoms with Gasteiger partial charge in [0.25, 0.3) is 11.8 Å². The number of carbonyl (C=O) groups is 2. The first kappa shape index (κ1) is 17.6. The van der Waals surface area contributed by atoms with Crippen LogP contribution in [0.1, 0.15) is 39.2 Å². The zero-order valence-electron chi connectivity index (χ0n) is 14.2. The van der Waals surface area contributed by atoms with E-state index in [2.05, 4.69) is 28.2 Å². The van der Waals surface area contributed by atoms with Crippen LogP contribution in [0.15, 0.2) is 46.9 Å². The summed E-state index contributed by atoms with van der Waals surface area (Å²) in [5, 5.41) is 2.12. The highest BCUT2D eigenvalue weighted by Crippen LogP contribution is 2.27. The van der Waals surface area contributed by atoms with E-state index >= 15 is 0 Å². The highest BCUT2D eigenvalue weighted by molar-refractivity contribution is 9.10. The van der Waals surface area contributed by atoms with Crippen LogP contribution in [-0.4, -0.2) is 36.9 Å². The lowest BCUT2D eigenvalue weighted by atomic mass is 10.1. The van der Waals surface area contributed by atoms with E-state index in [0.717, 1.165) is 15.8 Å². The third kappa shape index (κ3) is 3.45. The van der Waals surface area contributed by atoms with Crippen LogP contribution in [0.3, 0.4) is 0 Å². The maximum absolute atomic E-state index is 12.3. The molecule has 0 saturated heterocycles. The van der Waals surface area contributed by atoms with Crippen LogP contribution < -0.4 is 10.1 Å². The molecule has 0 aromatic heterocycles. The van der Waals surface area contributed by atoms with E-state index < -0.39 is 0 Å². The Balaban J connectivity index is 1.59. The lowest BCUT2D eigenvalue weighted by Crippen LogP contribution is -2.86. The van der Waals surface area contributed by atoms with Gasteiger partial charge in [-0.3, -0.25) is 14.5 Å². The van der Waals surface area contributed by atoms with Gasteiger partial charge in [-0.15, -0.1) is 0 Å². The Morgan fingerprint density at radius 3 is 2.32 bits per heavy atom. The number of benzene rings is 2. The van der Waals surface area contributed by atoms with Gasteiger partial charge in [0.15, 0.2) is 0 Å². The van der Waals surface area contributed by atoms with E-state index in [1.165, 1.54) is 4.90 Å². The number of fused-ring (bicyclic) bond motifs is 1. The number of quaternary nitrogens is 1. The maximum Gasteiger partial charge on any atom is 0.261 e. The number of nitrogens with zero attached hydrogens (tertiary/aromatic N) is 1. The van der Waals surface area contributed by atoms with Crippen LogP contribution in [0.25, 0.3) is 0 Å². The molecule has 2 aromatic carbocycles. The largest absolute Gasteiger partial charge is 0.496 e. The lowest BCUT2D eigenvalue weighted by molar-refractivity contribution is -0.691. The molecule has 2 aromatic rings. The van der Waals surface area contributed by atoms with E-state index in [4.69, 9.17) is 4.74 Å². The Morgan fingerprint density at radius 2 is 1.76 bits per heavy atom. The Hall–Kier alpha value is -2.18. The van der Waals surface area contributed by atoms with Crippen LogP contribution in [0, 0.1) is 0 Å². The molecule has 0 fully saturated rings. The third-order valence-corrected chi connectivity index (χ3v) is 5.07. The zero-order chi connectivity index (χ0) is 18.0. The molecule has 0 spiro atoms. The van der Waals surface area contributed by atoms with Crippen molar-refractivity contribution < 1.29 is 19.6 Å². The number of methoxy groups -OCH3 is 1. The molecule has 2 amide bonds. The van der Waals surface area contributed by atoms with Crippen molar-refractivity contribution in [3.63, 3.8) is 0 Å². The quantitative estimate of drug-likeness (QED) is 0.753. The molecular formula is C19H20BrN2O3+. The average Bonchev–Trinajstić information content (AvgIpc) is 2.86. The van der Waals surface area contributed by atoms with Crippen molar-refractivity contribution in [1.82, 2.24) is 4.90 Å². The standard InChI is InChI=1S/C19H19BrN2O3/c1-12(13-7-8-17(25-2)16(20)11-13)21-9-10-22-18(23)14-5-3-4-6-15(14)19(22)24/h3-8,11-12,21H,9-10H2,1-2H3/p+1/t12-/m0/s1. The molecule has 1 aliphatic heterocycles. The number of carbonyl (C=O) groups excluding carboxylic acids is 2. The van der Waals surface area contributed by atoms with Crippen LogP contribution in [0.2, 0.25) is 0 Å². The normalized spacial score (nSPS) is 14.6. The molecule has 6 heteroatoms. The van der Waals surface area contributed by atoms with Crippen molar-refractivity contribution >= 4 is 27.7 Å². The van der Waals surface area contributed by atoms with E-state index in [1.54, 1.807) is 31.4 Å². The summed E-state index contributed by atoms with van der Waals surface area (Å²) in [5.41, 5.74) is 2.15. The predicted octanol–water partition coefficient (Wildman–Crippen LogP) is 2.38. The molecule has 2 N–H and O–H groups in total. The number of amides is 2. The zero-order valence-corrected chi connectivity index (χ0v) is 15.7. The highest BCUT2D eigenvalue weighted by atomic mass is 79.9. The van der Waals surface area contributed by atoms with Gasteiger partial charge in [-0.25, -0.2) is 0 Å². The second-order valence-electron chi connectivity index (χ2n) is 6.01. The topological polar surface area (TPSA) is 63.2 Å². The maximum atomic E-state index is 12.3. The lowest BCUT2D eigenvalue weighted by Gasteiger charge is -2.16. The first-order valence-electron chi connectivity index (χ1n) is 8.15. The predicted molar refractivity (Wildman–Crippen MR) is 97.7 cm³/mol. The summed E-state index contributed by atoms with van der Waals surface area (Å²) >= 11 is 3.49. The van der Waals surface area contributed by atoms with Crippen molar-refractivity contribution in [2.24, 2.45) is 0 Å². The molecule has 1 atom stereocenters. The minimum Gasteiger partial charge on any atom is -0.496 e. The fourth-order valence-corrected chi connectivity index (χ4v) is 3.56. The smallest absolute Gasteiger partial charge is 0.261 e. The van der Waals surface area contributed by atoms with Gasteiger partial charge in [0.1, 0.15) is 11.8 Å². The number of imide groups is 1. The van der Waals surface area contributed by atoms with Gasteiger partial charge in [-0.2, -0.15) is 0 Å². The van der Waals surface area contributed by atoms with Crippen LogP contribution in [-0.2, 0) is 0 Å². The summed E-state index contributed by atoms with van der Waals surface area (Å²) in [5.74, 6) is 0.393. The number of halogens is 1. The second-order valence-corrected chi connectivity index (χ2v) is 6.87. The highest BCUT2D eigenvalue weighted by Gasteiger charge is 2.35. The number of hydrogen-bond acceptors (Lipinski definition) is 3. The summed E-state index contributed by atoms with van der Waals surface area (Å²) in [6, 6.07) is 13.2. The summed E-state index contributed by atoms with van der Waals surface area (Å²) < 4.78 is 6.15. The van der Waals surface area contributed by atoms with E-state index in [-0.39, 0.29) is 17.9 Å². The SMILES string of the molecule is COc1ccc([C@H](C)[NH2+]CCN2C(=O)c3ccccc3C2=O)cc1Br. The monoisotopic (exact) mass is 403 g/mol. The van der Waals surface area contributed by atoms with Gasteiger partial charge in [0.05, 0.1) is 35.8 Å². The molecule has 130 valence electrons. The third-order valence-electron chi connectivity index (χ3n) is 4.45. The molecule has 3 rings (SSSR count). The summed E-state index contributed by atoms with van der Waals surface area (Å²) in [6.07, 6.45) is 0. The number of nitrogens with two attached hydrogens (primary N) is 1. The molecule has 0 unspecified atom stereocenters. The summed E-state index contributed by atoms with van der Waals surface area (Å²) in [6.45, 7) is 3.14. The van der Waals surface area contributed by atoms with Crippen molar-refractivity contribution in [2.45, 2.75) is 13.0 Å². The number of rotatable bonds is 6. The van der Waals surface area contributed by atoms with Crippen molar-refractivity contribution in [2.75, 3.05) is 20.2 Å². The van der Waals surface area contributed by atoms with Gasteiger partial charge < -0.3 is 10.1 Å². The van der Waals surface area contributed by atoms with Gasteiger partial charge in [-0.05, 0) is 53.2 Å². The Kier molecular flexibility index (Phi) is 5.20. The molecule has 25 heavy (non-hydrogen) atoms. The summed E-state index contributed by atoms with van der Waals surface area (Å²) in [7, 11) is 1.64. The van der Waals surface area contributed by atoms with Crippen molar-refractivity contribution in [3.8, 4) is 5.75 Å². The van der Waals surface area contributed by atoms with Gasteiger partial charge in [0, 0.05) is 5.56 Å². The second kappa shape index (κ2) is 7.37. The van der Waals surface area contributed by atoms with Crippen LogP contribution in [0.5, 0.6) is 5.75 Å². The summed E-state index contributed by atoms with van der Waals surface area (Å²) in [4.78, 5) is 26.0. The van der Waals surface area contributed by atoms with Crippen LogP contribution >= 0.6 is 15.9 Å². The fraction of sp³-hybridized carbons (Fsp3) is 0.263. The molecule has 0 radical (unpaired) electrons. The molecule has 0 aliphatic carbocycles. The Morgan fingerprint density at radius 1 is 1.12 bits per heavy atom. The van der Waals surface area contributed by atoms with Crippen molar-refractivity contribution in [1.29, 1.82) is 0 Å². The molecule has 1 aliphatic rings. The molecule has 5 nitrogen and oxygen atoms in total. The van der Waals surface area contributed by atoms with E-state index in [9.17, 15) is 9.59 Å². The van der Waals surface area contributed by atoms with Gasteiger partial charge >= 0.3 is 0 Å². The van der Waals surface area contributed by atoms with E-state index in [0.29, 0.717) is 24.2 Å². The molecule has 0 bridgehead atoms. The Labute approximate surface area is 155 Å². The van der Waals surface area contributed by atoms with Crippen LogP contribution in [0.4, 0.5) is 0 Å². The first-order chi connectivity index (χ1) is 12.0. The molecule has 1 heterocycles. The van der Waals surface area contributed by atoms with Gasteiger partial charge in [0.2, 0.25) is 0 Å². The minimum atomic E-state index is -0.200. The van der Waals surface area contributed by atoms with E-state index in [1.807, 2.05) is 18.2 Å². The number of ether oxygens (including phenoxy) is 1. The van der Waals surface area contributed by atoms with Gasteiger partial charge in [-0.1, -0.05) is 12.1 Å². The minimum absolute atomic E-state index is 0.200. The number of hydrogen-bond donors (Lipinski definition) is 1. The average molecular weight is 404 g/mol. The fourth-order valence-electron chi connectivity index (χ4n) is 3.00. The van der Waals surface area contributed by atoms with Crippen molar-refractivity contribution in [3.05, 3.63) is 63.6 Å². The Bertz CT molecular complexity index is 787. The molecule has 0 saturated carbocycles.